The Bertz CT molecular complexity index is 1080. The summed E-state index contributed by atoms with van der Waals surface area (Å²) in [4.78, 5) is 12.9. The summed E-state index contributed by atoms with van der Waals surface area (Å²) in [6.45, 7) is 1.60. The van der Waals surface area contributed by atoms with E-state index in [1.165, 1.54) is 0 Å². The average Bonchev–Trinajstić information content (AvgIpc) is 3.17. The monoisotopic (exact) mass is 430 g/mol. The first-order chi connectivity index (χ1) is 14.7. The first kappa shape index (κ1) is 20.9. The molecule has 3 atom stereocenters. The second-order valence-electron chi connectivity index (χ2n) is 7.51. The molecule has 1 aliphatic rings. The van der Waals surface area contributed by atoms with Gasteiger partial charge >= 0.3 is 6.18 Å². The third kappa shape index (κ3) is 4.27. The molecule has 0 spiro atoms. The van der Waals surface area contributed by atoms with Gasteiger partial charge in [-0.3, -0.25) is 4.79 Å². The molecule has 0 fully saturated rings. The van der Waals surface area contributed by atoms with Gasteiger partial charge in [-0.05, 0) is 30.2 Å². The highest BCUT2D eigenvalue weighted by Gasteiger charge is 2.47. The molecule has 162 valence electrons. The van der Waals surface area contributed by atoms with Crippen molar-refractivity contribution in [2.75, 3.05) is 10.6 Å². The molecular formula is C22H21F3N4O2. The van der Waals surface area contributed by atoms with E-state index in [1.54, 1.807) is 61.5 Å². The first-order valence-electron chi connectivity index (χ1n) is 9.79. The highest BCUT2D eigenvalue weighted by atomic mass is 19.4. The largest absolute Gasteiger partial charge is 0.410 e. The van der Waals surface area contributed by atoms with Crippen molar-refractivity contribution >= 4 is 17.4 Å². The summed E-state index contributed by atoms with van der Waals surface area (Å²) in [7, 11) is 0. The number of hydrogen-bond donors (Lipinski definition) is 3. The second kappa shape index (κ2) is 8.07. The van der Waals surface area contributed by atoms with Crippen LogP contribution in [0.15, 0.2) is 60.8 Å². The summed E-state index contributed by atoms with van der Waals surface area (Å²) in [6, 6.07) is 13.0. The molecule has 0 unspecified atom stereocenters. The quantitative estimate of drug-likeness (QED) is 0.553. The van der Waals surface area contributed by atoms with Gasteiger partial charge in [0.15, 0.2) is 6.04 Å². The fourth-order valence-corrected chi connectivity index (χ4v) is 3.71. The van der Waals surface area contributed by atoms with Crippen molar-refractivity contribution in [3.63, 3.8) is 0 Å². The third-order valence-corrected chi connectivity index (χ3v) is 5.31. The summed E-state index contributed by atoms with van der Waals surface area (Å²) < 4.78 is 42.2. The van der Waals surface area contributed by atoms with Crippen LogP contribution in [-0.4, -0.2) is 27.0 Å². The molecule has 9 heteroatoms. The number of aliphatic hydroxyl groups excluding tert-OH is 1. The highest BCUT2D eigenvalue weighted by molar-refractivity contribution is 6.07. The maximum Gasteiger partial charge on any atom is 0.410 e. The van der Waals surface area contributed by atoms with E-state index in [2.05, 4.69) is 15.7 Å². The average molecular weight is 430 g/mol. The Hall–Kier alpha value is -3.33. The lowest BCUT2D eigenvalue weighted by molar-refractivity contribution is -0.173. The number of rotatable bonds is 4. The topological polar surface area (TPSA) is 79.2 Å². The van der Waals surface area contributed by atoms with E-state index in [0.717, 1.165) is 10.9 Å². The maximum absolute atomic E-state index is 13.8. The first-order valence-corrected chi connectivity index (χ1v) is 9.79. The van der Waals surface area contributed by atoms with Crippen molar-refractivity contribution in [3.8, 4) is 0 Å². The van der Waals surface area contributed by atoms with Gasteiger partial charge in [0.25, 0.3) is 5.91 Å². The van der Waals surface area contributed by atoms with Crippen LogP contribution in [0.5, 0.6) is 0 Å². The summed E-state index contributed by atoms with van der Waals surface area (Å²) in [6.07, 6.45) is -4.33. The van der Waals surface area contributed by atoms with Crippen LogP contribution in [0.4, 0.5) is 24.7 Å². The zero-order chi connectivity index (χ0) is 22.2. The van der Waals surface area contributed by atoms with Gasteiger partial charge in [0.2, 0.25) is 0 Å². The summed E-state index contributed by atoms with van der Waals surface area (Å²) in [5.74, 6) is -0.572. The predicted molar refractivity (Wildman–Crippen MR) is 110 cm³/mol. The number of nitrogens with one attached hydrogen (secondary N) is 2. The Balaban J connectivity index is 1.67. The number of carbonyl (C=O) groups is 1. The minimum absolute atomic E-state index is 0.0114. The third-order valence-electron chi connectivity index (χ3n) is 5.31. The van der Waals surface area contributed by atoms with Crippen LogP contribution < -0.4 is 10.6 Å². The number of anilines is 2. The summed E-state index contributed by atoms with van der Waals surface area (Å²) in [5.41, 5.74) is 1.73. The molecule has 0 saturated carbocycles. The zero-order valence-corrected chi connectivity index (χ0v) is 16.6. The number of aromatic nitrogens is 2. The fraction of sp³-hybridized carbons (Fsp3) is 0.273. The van der Waals surface area contributed by atoms with E-state index < -0.39 is 30.3 Å². The second-order valence-corrected chi connectivity index (χ2v) is 7.51. The van der Waals surface area contributed by atoms with Gasteiger partial charge in [-0.2, -0.15) is 18.3 Å². The minimum atomic E-state index is -4.52. The Morgan fingerprint density at radius 2 is 1.97 bits per heavy atom. The number of alkyl halides is 3. The number of benzene rings is 2. The Labute approximate surface area is 176 Å². The molecule has 2 aromatic carbocycles. The van der Waals surface area contributed by atoms with Crippen molar-refractivity contribution in [2.45, 2.75) is 37.7 Å². The maximum atomic E-state index is 13.8. The molecule has 0 bridgehead atoms. The van der Waals surface area contributed by atoms with Gasteiger partial charge in [-0.25, -0.2) is 4.68 Å². The molecule has 0 aliphatic carbocycles. The number of aliphatic hydroxyl groups is 1. The van der Waals surface area contributed by atoms with E-state index >= 15 is 0 Å². The van der Waals surface area contributed by atoms with Gasteiger partial charge in [-0.15, -0.1) is 0 Å². The number of hydrogen-bond acceptors (Lipinski definition) is 4. The van der Waals surface area contributed by atoms with Gasteiger partial charge < -0.3 is 15.7 Å². The van der Waals surface area contributed by atoms with Crippen LogP contribution in [0, 0.1) is 0 Å². The lowest BCUT2D eigenvalue weighted by atomic mass is 9.96. The number of nitrogens with zero attached hydrogens (tertiary/aromatic N) is 2. The molecule has 1 aromatic heterocycles. The minimum Gasteiger partial charge on any atom is -0.389 e. The predicted octanol–water partition coefficient (Wildman–Crippen LogP) is 4.85. The lowest BCUT2D eigenvalue weighted by Gasteiger charge is -2.34. The molecule has 31 heavy (non-hydrogen) atoms. The van der Waals surface area contributed by atoms with Crippen LogP contribution in [0.25, 0.3) is 0 Å². The van der Waals surface area contributed by atoms with Crippen molar-refractivity contribution in [1.82, 2.24) is 9.78 Å². The van der Waals surface area contributed by atoms with Gasteiger partial charge in [0, 0.05) is 12.1 Å². The molecule has 0 radical (unpaired) electrons. The van der Waals surface area contributed by atoms with Crippen molar-refractivity contribution in [1.29, 1.82) is 0 Å². The molecule has 4 rings (SSSR count). The molecule has 1 amide bonds. The normalized spacial score (nSPS) is 19.3. The van der Waals surface area contributed by atoms with E-state index in [-0.39, 0.29) is 17.8 Å². The van der Waals surface area contributed by atoms with E-state index in [4.69, 9.17) is 0 Å². The van der Waals surface area contributed by atoms with Gasteiger partial charge in [0.1, 0.15) is 11.4 Å². The molecule has 2 heterocycles. The standard InChI is InChI=1S/C22H21F3N4O2/c1-13(30)15-8-5-9-16(10-15)27-21(31)17-12-26-29-19(22(23,24)25)11-18(28-20(17)29)14-6-3-2-4-7-14/h2-10,12-13,18-19,28,30H,11H2,1H3,(H,27,31)/t13-,18-,19+/m1/s1. The van der Waals surface area contributed by atoms with E-state index in [1.807, 2.05) is 0 Å². The number of amides is 1. The fourth-order valence-electron chi connectivity index (χ4n) is 3.71. The SMILES string of the molecule is C[C@@H](O)c1cccc(NC(=O)c2cnn3c2N[C@@H](c2ccccc2)C[C@H]3C(F)(F)F)c1. The zero-order valence-electron chi connectivity index (χ0n) is 16.6. The Morgan fingerprint density at radius 3 is 2.65 bits per heavy atom. The molecule has 3 aromatic rings. The van der Waals surface area contributed by atoms with E-state index in [0.29, 0.717) is 16.8 Å². The van der Waals surface area contributed by atoms with Crippen molar-refractivity contribution < 1.29 is 23.1 Å². The lowest BCUT2D eigenvalue weighted by Crippen LogP contribution is -2.36. The number of fused-ring (bicyclic) bond motifs is 1. The molecule has 0 saturated heterocycles. The molecule has 3 N–H and O–H groups in total. The Morgan fingerprint density at radius 1 is 1.23 bits per heavy atom. The van der Waals surface area contributed by atoms with Gasteiger partial charge in [-0.1, -0.05) is 42.5 Å². The van der Waals surface area contributed by atoms with Crippen molar-refractivity contribution in [2.24, 2.45) is 0 Å². The van der Waals surface area contributed by atoms with Gasteiger partial charge in [0.05, 0.1) is 18.3 Å². The Kier molecular flexibility index (Phi) is 5.45. The summed E-state index contributed by atoms with van der Waals surface area (Å²) >= 11 is 0. The number of carbonyl (C=O) groups excluding carboxylic acids is 1. The van der Waals surface area contributed by atoms with Crippen LogP contribution in [0.3, 0.4) is 0 Å². The van der Waals surface area contributed by atoms with Crippen molar-refractivity contribution in [3.05, 3.63) is 77.5 Å². The molecule has 6 nitrogen and oxygen atoms in total. The molecule has 1 aliphatic heterocycles. The van der Waals surface area contributed by atoms with Crippen LogP contribution in [0.2, 0.25) is 0 Å². The van der Waals surface area contributed by atoms with E-state index in [9.17, 15) is 23.1 Å². The number of halogens is 3. The van der Waals surface area contributed by atoms with Crippen LogP contribution in [-0.2, 0) is 0 Å². The summed E-state index contributed by atoms with van der Waals surface area (Å²) in [5, 5.41) is 19.3. The highest BCUT2D eigenvalue weighted by Crippen LogP contribution is 2.44. The van der Waals surface area contributed by atoms with Crippen LogP contribution >= 0.6 is 0 Å². The van der Waals surface area contributed by atoms with Crippen LogP contribution in [0.1, 0.15) is 53.0 Å². The molecular weight excluding hydrogens is 409 g/mol. The smallest absolute Gasteiger partial charge is 0.389 e.